The lowest BCUT2D eigenvalue weighted by atomic mass is 10.1. The van der Waals surface area contributed by atoms with Crippen molar-refractivity contribution in [2.75, 3.05) is 40.9 Å². The number of hydrogen-bond acceptors (Lipinski definition) is 6. The van der Waals surface area contributed by atoms with E-state index in [0.717, 1.165) is 109 Å². The number of likely N-dealkylation sites (N-methyl/N-ethyl adjacent to an activating group) is 1. The molecule has 0 saturated heterocycles. The first-order valence-corrected chi connectivity index (χ1v) is 32.1. The van der Waals surface area contributed by atoms with Gasteiger partial charge < -0.3 is 19.4 Å². The fourth-order valence-electron chi connectivity index (χ4n) is 8.29. The van der Waals surface area contributed by atoms with Gasteiger partial charge in [0.2, 0.25) is 5.91 Å². The SMILES string of the molecule is CC/C=C\C/C=C\C/C=C\C/C=C\C/C=C\CCCCCC(=O)NC(COP(=O)(O)OCC[N+](C)(C)C)C(/C=C/CCCCCCCCCCC)OC(=O)CCCCCCCCCCC/C=C\C/C=C\CCCCC. The predicted molar refractivity (Wildman–Crippen MR) is 323 cm³/mol. The van der Waals surface area contributed by atoms with E-state index in [2.05, 4.69) is 111 Å². The summed E-state index contributed by atoms with van der Waals surface area (Å²) in [6, 6.07) is -0.872. The Morgan fingerprint density at radius 3 is 1.32 bits per heavy atom. The Bertz CT molecular complexity index is 1610. The summed E-state index contributed by atoms with van der Waals surface area (Å²) in [5.41, 5.74) is 0. The molecule has 432 valence electrons. The van der Waals surface area contributed by atoms with E-state index in [4.69, 9.17) is 13.8 Å². The van der Waals surface area contributed by atoms with E-state index < -0.39 is 20.0 Å². The highest BCUT2D eigenvalue weighted by atomic mass is 31.2. The Morgan fingerprint density at radius 2 is 0.853 bits per heavy atom. The molecular weight excluding hydrogens is 952 g/mol. The third-order valence-corrected chi connectivity index (χ3v) is 14.0. The Kier molecular flexibility index (Phi) is 52.1. The second-order valence-electron chi connectivity index (χ2n) is 21.5. The lowest BCUT2D eigenvalue weighted by molar-refractivity contribution is -0.870. The van der Waals surface area contributed by atoms with E-state index in [-0.39, 0.29) is 37.9 Å². The minimum Gasteiger partial charge on any atom is -0.456 e. The number of phosphoric acid groups is 1. The molecule has 0 aromatic rings. The summed E-state index contributed by atoms with van der Waals surface area (Å²) in [6.45, 7) is 6.83. The predicted octanol–water partition coefficient (Wildman–Crippen LogP) is 18.8. The van der Waals surface area contributed by atoms with Gasteiger partial charge in [-0.1, -0.05) is 227 Å². The molecule has 0 aliphatic rings. The molecule has 1 amide bonds. The number of rotatable bonds is 54. The molecular formula is C65H116N2O7P+. The van der Waals surface area contributed by atoms with Crippen LogP contribution in [0.25, 0.3) is 0 Å². The number of carbonyl (C=O) groups excluding carboxylic acids is 2. The van der Waals surface area contributed by atoms with Gasteiger partial charge in [0.25, 0.3) is 0 Å². The van der Waals surface area contributed by atoms with Crippen LogP contribution in [-0.2, 0) is 27.9 Å². The van der Waals surface area contributed by atoms with Crippen molar-refractivity contribution in [2.45, 2.75) is 264 Å². The van der Waals surface area contributed by atoms with E-state index >= 15 is 0 Å². The third kappa shape index (κ3) is 55.5. The van der Waals surface area contributed by atoms with Crippen molar-refractivity contribution in [3.63, 3.8) is 0 Å². The van der Waals surface area contributed by atoms with Gasteiger partial charge >= 0.3 is 13.8 Å². The normalized spacial score (nSPS) is 14.4. The van der Waals surface area contributed by atoms with E-state index in [1.165, 1.54) is 103 Å². The van der Waals surface area contributed by atoms with Crippen molar-refractivity contribution < 1.29 is 37.3 Å². The molecule has 0 saturated carbocycles. The Morgan fingerprint density at radius 1 is 0.480 bits per heavy atom. The molecule has 0 bridgehead atoms. The first kappa shape index (κ1) is 71.9. The molecule has 9 nitrogen and oxygen atoms in total. The van der Waals surface area contributed by atoms with Gasteiger partial charge in [-0.05, 0) is 109 Å². The van der Waals surface area contributed by atoms with Crippen LogP contribution in [0.3, 0.4) is 0 Å². The number of phosphoric ester groups is 1. The molecule has 0 aromatic heterocycles. The molecule has 0 aromatic carbocycles. The van der Waals surface area contributed by atoms with E-state index in [1.54, 1.807) is 0 Å². The van der Waals surface area contributed by atoms with Crippen LogP contribution in [-0.4, -0.2) is 74.3 Å². The van der Waals surface area contributed by atoms with Crippen LogP contribution in [0, 0.1) is 0 Å². The van der Waals surface area contributed by atoms with Gasteiger partial charge in [0.15, 0.2) is 0 Å². The summed E-state index contributed by atoms with van der Waals surface area (Å²) in [5, 5.41) is 3.03. The highest BCUT2D eigenvalue weighted by Gasteiger charge is 2.30. The zero-order valence-corrected chi connectivity index (χ0v) is 50.2. The number of amides is 1. The molecule has 0 spiro atoms. The minimum atomic E-state index is -4.46. The summed E-state index contributed by atoms with van der Waals surface area (Å²) in [4.78, 5) is 37.7. The molecule has 75 heavy (non-hydrogen) atoms. The molecule has 3 unspecified atom stereocenters. The summed E-state index contributed by atoms with van der Waals surface area (Å²) >= 11 is 0. The zero-order valence-electron chi connectivity index (χ0n) is 49.3. The van der Waals surface area contributed by atoms with Crippen LogP contribution < -0.4 is 5.32 Å². The van der Waals surface area contributed by atoms with E-state index in [0.29, 0.717) is 17.4 Å². The molecule has 2 N–H and O–H groups in total. The monoisotopic (exact) mass is 1070 g/mol. The number of ether oxygens (including phenoxy) is 1. The molecule has 0 fully saturated rings. The maximum atomic E-state index is 13.5. The van der Waals surface area contributed by atoms with Gasteiger partial charge in [-0.2, -0.15) is 0 Å². The smallest absolute Gasteiger partial charge is 0.456 e. The Hall–Kier alpha value is -3.07. The fraction of sp³-hybridized carbons (Fsp3) is 0.723. The Balaban J connectivity index is 5.31. The number of hydrogen-bond donors (Lipinski definition) is 2. The van der Waals surface area contributed by atoms with Gasteiger partial charge in [0.1, 0.15) is 19.3 Å². The maximum absolute atomic E-state index is 13.5. The number of esters is 1. The molecule has 0 aliphatic carbocycles. The van der Waals surface area contributed by atoms with Gasteiger partial charge in [0, 0.05) is 12.8 Å². The number of quaternary nitrogens is 1. The number of carbonyl (C=O) groups is 2. The molecule has 0 heterocycles. The van der Waals surface area contributed by atoms with Gasteiger partial charge in [0.05, 0.1) is 33.8 Å². The number of nitrogens with one attached hydrogen (secondary N) is 1. The van der Waals surface area contributed by atoms with Crippen LogP contribution >= 0.6 is 7.82 Å². The molecule has 0 rings (SSSR count). The summed E-state index contributed by atoms with van der Waals surface area (Å²) in [6.07, 6.45) is 72.6. The maximum Gasteiger partial charge on any atom is 0.472 e. The minimum absolute atomic E-state index is 0.0283. The average Bonchev–Trinajstić information content (AvgIpc) is 3.37. The van der Waals surface area contributed by atoms with Gasteiger partial charge in [-0.25, -0.2) is 4.57 Å². The number of nitrogens with zero attached hydrogens (tertiary/aromatic N) is 1. The van der Waals surface area contributed by atoms with Crippen LogP contribution in [0.4, 0.5) is 0 Å². The second-order valence-corrected chi connectivity index (χ2v) is 22.9. The molecule has 10 heteroatoms. The first-order valence-electron chi connectivity index (χ1n) is 30.6. The lowest BCUT2D eigenvalue weighted by Gasteiger charge is -2.27. The number of unbranched alkanes of at least 4 members (excludes halogenated alkanes) is 24. The highest BCUT2D eigenvalue weighted by Crippen LogP contribution is 2.43. The van der Waals surface area contributed by atoms with Gasteiger partial charge in [-0.15, -0.1) is 0 Å². The van der Waals surface area contributed by atoms with Crippen molar-refractivity contribution in [2.24, 2.45) is 0 Å². The van der Waals surface area contributed by atoms with Crippen molar-refractivity contribution >= 4 is 19.7 Å². The van der Waals surface area contributed by atoms with Crippen LogP contribution in [0.5, 0.6) is 0 Å². The van der Waals surface area contributed by atoms with Crippen molar-refractivity contribution in [3.8, 4) is 0 Å². The molecule has 0 radical (unpaired) electrons. The van der Waals surface area contributed by atoms with Crippen LogP contribution in [0.2, 0.25) is 0 Å². The van der Waals surface area contributed by atoms with Crippen LogP contribution in [0.15, 0.2) is 97.2 Å². The van der Waals surface area contributed by atoms with Crippen molar-refractivity contribution in [1.82, 2.24) is 5.32 Å². The van der Waals surface area contributed by atoms with E-state index in [9.17, 15) is 19.0 Å². The topological polar surface area (TPSA) is 111 Å². The molecule has 0 aliphatic heterocycles. The summed E-state index contributed by atoms with van der Waals surface area (Å²) in [7, 11) is 1.46. The van der Waals surface area contributed by atoms with Gasteiger partial charge in [-0.3, -0.25) is 18.6 Å². The van der Waals surface area contributed by atoms with E-state index in [1.807, 2.05) is 33.3 Å². The fourth-order valence-corrected chi connectivity index (χ4v) is 9.03. The summed E-state index contributed by atoms with van der Waals surface area (Å²) < 4.78 is 30.6. The first-order chi connectivity index (χ1) is 36.4. The quantitative estimate of drug-likeness (QED) is 0.0205. The highest BCUT2D eigenvalue weighted by molar-refractivity contribution is 7.47. The second kappa shape index (κ2) is 54.3. The Labute approximate surface area is 462 Å². The summed E-state index contributed by atoms with van der Waals surface area (Å²) in [5.74, 6) is -0.552. The van der Waals surface area contributed by atoms with Crippen LogP contribution in [0.1, 0.15) is 252 Å². The largest absolute Gasteiger partial charge is 0.472 e. The van der Waals surface area contributed by atoms with Crippen molar-refractivity contribution in [3.05, 3.63) is 97.2 Å². The molecule has 3 atom stereocenters. The average molecular weight is 1070 g/mol. The zero-order chi connectivity index (χ0) is 55.0. The third-order valence-electron chi connectivity index (χ3n) is 13.0. The lowest BCUT2D eigenvalue weighted by Crippen LogP contribution is -2.47. The number of allylic oxidation sites excluding steroid dienone is 15. The standard InChI is InChI=1S/C65H115N2O7P/c1-7-10-13-16-19-22-25-27-29-31-33-35-37-39-42-45-48-51-54-57-64(68)66-62(61-73-75(70,71)72-60-59-67(4,5)6)63(56-53-50-47-44-41-24-21-18-15-12-9-3)74-65(69)58-55-52-49-46-43-40-38-36-34-32-30-28-26-23-20-17-14-11-8-2/h10,13,19-20,22-23,27-30,33,35,39,42,53,56,62-63H,7-9,11-12,14-18,21,24-26,31-32,34,36-38,40-41,43-52,54-55,57-61H2,1-6H3,(H-,66,68,70,71)/p+1/b13-10-,22-19-,23-20-,29-27-,30-28-,35-33-,42-39-,56-53+. The van der Waals surface area contributed by atoms with Crippen molar-refractivity contribution in [1.29, 1.82) is 0 Å².